The van der Waals surface area contributed by atoms with E-state index in [-0.39, 0.29) is 5.97 Å². The second-order valence-electron chi connectivity index (χ2n) is 3.89. The minimum absolute atomic E-state index is 0.267. The highest BCUT2D eigenvalue weighted by molar-refractivity contribution is 5.75. The molecule has 0 aliphatic carbocycles. The average molecular weight is 188 g/mol. The minimum Gasteiger partial charge on any atom is -0.458 e. The molecule has 0 aliphatic rings. The van der Waals surface area contributed by atoms with Crippen LogP contribution in [0.2, 0.25) is 0 Å². The number of ether oxygens (including phenoxy) is 2. The minimum atomic E-state index is -0.429. The Kier molecular flexibility index (Phi) is 4.99. The number of carbonyl (C=O) groups excluding carboxylic acids is 1. The summed E-state index contributed by atoms with van der Waals surface area (Å²) in [5.74, 6) is -0.267. The fourth-order valence-corrected chi connectivity index (χ4v) is 0.921. The summed E-state index contributed by atoms with van der Waals surface area (Å²) in [5.41, 5.74) is -0.429. The number of carbonyl (C=O) groups is 1. The fraction of sp³-hybridized carbons (Fsp3) is 0.900. The zero-order valence-electron chi connectivity index (χ0n) is 9.22. The van der Waals surface area contributed by atoms with Crippen LogP contribution in [0.25, 0.3) is 0 Å². The van der Waals surface area contributed by atoms with Crippen molar-refractivity contribution in [3.8, 4) is 0 Å². The quantitative estimate of drug-likeness (QED) is 0.634. The molecule has 13 heavy (non-hydrogen) atoms. The largest absolute Gasteiger partial charge is 0.458 e. The standard InChI is InChI=1S/C10H20O3/c1-6-8(12-7-2)9(11)13-10(3,4)5/h8H,6-7H2,1-5H3. The van der Waals surface area contributed by atoms with Crippen molar-refractivity contribution < 1.29 is 14.3 Å². The van der Waals surface area contributed by atoms with E-state index < -0.39 is 11.7 Å². The first-order valence-electron chi connectivity index (χ1n) is 4.75. The lowest BCUT2D eigenvalue weighted by molar-refractivity contribution is -0.168. The Bertz CT molecular complexity index is 158. The van der Waals surface area contributed by atoms with Gasteiger partial charge in [0.25, 0.3) is 0 Å². The van der Waals surface area contributed by atoms with Crippen LogP contribution >= 0.6 is 0 Å². The van der Waals surface area contributed by atoms with Gasteiger partial charge in [0.1, 0.15) is 5.60 Å². The molecule has 3 heteroatoms. The van der Waals surface area contributed by atoms with Crippen molar-refractivity contribution >= 4 is 5.97 Å². The zero-order chi connectivity index (χ0) is 10.5. The van der Waals surface area contributed by atoms with Crippen LogP contribution in [0.15, 0.2) is 0 Å². The van der Waals surface area contributed by atoms with Gasteiger partial charge in [0.15, 0.2) is 6.10 Å². The van der Waals surface area contributed by atoms with E-state index in [0.29, 0.717) is 13.0 Å². The SMILES string of the molecule is CCOC(CC)C(=O)OC(C)(C)C. The first kappa shape index (κ1) is 12.4. The summed E-state index contributed by atoms with van der Waals surface area (Å²) >= 11 is 0. The Morgan fingerprint density at radius 1 is 1.31 bits per heavy atom. The smallest absolute Gasteiger partial charge is 0.335 e. The Hall–Kier alpha value is -0.570. The lowest BCUT2D eigenvalue weighted by Crippen LogP contribution is -2.33. The molecule has 0 N–H and O–H groups in total. The zero-order valence-corrected chi connectivity index (χ0v) is 9.22. The van der Waals surface area contributed by atoms with Gasteiger partial charge in [-0.2, -0.15) is 0 Å². The molecule has 3 nitrogen and oxygen atoms in total. The molecule has 0 rings (SSSR count). The molecule has 78 valence electrons. The lowest BCUT2D eigenvalue weighted by atomic mass is 10.2. The summed E-state index contributed by atoms with van der Waals surface area (Å²) in [5, 5.41) is 0. The van der Waals surface area contributed by atoms with Crippen LogP contribution in [0.5, 0.6) is 0 Å². The van der Waals surface area contributed by atoms with E-state index in [1.165, 1.54) is 0 Å². The Morgan fingerprint density at radius 3 is 2.15 bits per heavy atom. The third-order valence-corrected chi connectivity index (χ3v) is 1.41. The van der Waals surface area contributed by atoms with Gasteiger partial charge in [0.05, 0.1) is 0 Å². The molecule has 0 aromatic rings. The van der Waals surface area contributed by atoms with Crippen LogP contribution in [0, 0.1) is 0 Å². The van der Waals surface area contributed by atoms with Gasteiger partial charge in [-0.05, 0) is 34.1 Å². The van der Waals surface area contributed by atoms with E-state index >= 15 is 0 Å². The van der Waals surface area contributed by atoms with E-state index in [2.05, 4.69) is 0 Å². The van der Waals surface area contributed by atoms with E-state index in [4.69, 9.17) is 9.47 Å². The molecule has 1 unspecified atom stereocenters. The molecule has 0 aromatic heterocycles. The molecule has 0 fully saturated rings. The molecule has 0 saturated heterocycles. The lowest BCUT2D eigenvalue weighted by Gasteiger charge is -2.23. The van der Waals surface area contributed by atoms with E-state index in [1.807, 2.05) is 34.6 Å². The third kappa shape index (κ3) is 5.64. The van der Waals surface area contributed by atoms with Crippen LogP contribution in [0.1, 0.15) is 41.0 Å². The van der Waals surface area contributed by atoms with Gasteiger partial charge in [-0.25, -0.2) is 4.79 Å². The summed E-state index contributed by atoms with van der Waals surface area (Å²) < 4.78 is 10.4. The number of hydrogen-bond acceptors (Lipinski definition) is 3. The number of esters is 1. The van der Waals surface area contributed by atoms with Crippen LogP contribution < -0.4 is 0 Å². The van der Waals surface area contributed by atoms with Crippen molar-refractivity contribution in [2.24, 2.45) is 0 Å². The maximum absolute atomic E-state index is 11.4. The second kappa shape index (κ2) is 5.22. The molecule has 0 aliphatic heterocycles. The van der Waals surface area contributed by atoms with Gasteiger partial charge in [-0.1, -0.05) is 6.92 Å². The van der Waals surface area contributed by atoms with Crippen LogP contribution in [-0.4, -0.2) is 24.3 Å². The summed E-state index contributed by atoms with van der Waals surface area (Å²) in [4.78, 5) is 11.4. The van der Waals surface area contributed by atoms with E-state index in [9.17, 15) is 4.79 Å². The molecule has 0 amide bonds. The normalized spacial score (nSPS) is 13.9. The van der Waals surface area contributed by atoms with Crippen molar-refractivity contribution in [3.05, 3.63) is 0 Å². The molecule has 0 heterocycles. The summed E-state index contributed by atoms with van der Waals surface area (Å²) in [6, 6.07) is 0. The fourth-order valence-electron chi connectivity index (χ4n) is 0.921. The van der Waals surface area contributed by atoms with E-state index in [1.54, 1.807) is 0 Å². The third-order valence-electron chi connectivity index (χ3n) is 1.41. The maximum atomic E-state index is 11.4. The molecule has 0 saturated carbocycles. The first-order valence-corrected chi connectivity index (χ1v) is 4.75. The first-order chi connectivity index (χ1) is 5.90. The van der Waals surface area contributed by atoms with Crippen molar-refractivity contribution in [1.29, 1.82) is 0 Å². The Balaban J connectivity index is 4.06. The number of rotatable bonds is 4. The predicted molar refractivity (Wildman–Crippen MR) is 51.6 cm³/mol. The van der Waals surface area contributed by atoms with Gasteiger partial charge in [0, 0.05) is 6.61 Å². The Labute approximate surface area is 80.4 Å². The molecular weight excluding hydrogens is 168 g/mol. The second-order valence-corrected chi connectivity index (χ2v) is 3.89. The van der Waals surface area contributed by atoms with Gasteiger partial charge < -0.3 is 9.47 Å². The van der Waals surface area contributed by atoms with E-state index in [0.717, 1.165) is 0 Å². The molecule has 1 atom stereocenters. The molecule has 0 bridgehead atoms. The van der Waals surface area contributed by atoms with Crippen LogP contribution in [0.4, 0.5) is 0 Å². The molecule has 0 spiro atoms. The maximum Gasteiger partial charge on any atom is 0.335 e. The summed E-state index contributed by atoms with van der Waals surface area (Å²) in [6.07, 6.45) is 0.243. The van der Waals surface area contributed by atoms with Crippen molar-refractivity contribution in [1.82, 2.24) is 0 Å². The highest BCUT2D eigenvalue weighted by Crippen LogP contribution is 2.11. The number of hydrogen-bond donors (Lipinski definition) is 0. The van der Waals surface area contributed by atoms with Crippen molar-refractivity contribution in [2.45, 2.75) is 52.7 Å². The predicted octanol–water partition coefficient (Wildman–Crippen LogP) is 2.14. The van der Waals surface area contributed by atoms with Crippen molar-refractivity contribution in [3.63, 3.8) is 0 Å². The van der Waals surface area contributed by atoms with Crippen molar-refractivity contribution in [2.75, 3.05) is 6.61 Å². The topological polar surface area (TPSA) is 35.5 Å². The van der Waals surface area contributed by atoms with Gasteiger partial charge in [0.2, 0.25) is 0 Å². The van der Waals surface area contributed by atoms with Gasteiger partial charge in [-0.15, -0.1) is 0 Å². The van der Waals surface area contributed by atoms with Crippen LogP contribution in [0.3, 0.4) is 0 Å². The van der Waals surface area contributed by atoms with Gasteiger partial charge in [-0.3, -0.25) is 0 Å². The molecular formula is C10H20O3. The average Bonchev–Trinajstić information content (AvgIpc) is 1.96. The molecule has 0 radical (unpaired) electrons. The van der Waals surface area contributed by atoms with Gasteiger partial charge >= 0.3 is 5.97 Å². The highest BCUT2D eigenvalue weighted by Gasteiger charge is 2.23. The monoisotopic (exact) mass is 188 g/mol. The Morgan fingerprint density at radius 2 is 1.85 bits per heavy atom. The highest BCUT2D eigenvalue weighted by atomic mass is 16.6. The summed E-state index contributed by atoms with van der Waals surface area (Å²) in [7, 11) is 0. The summed E-state index contributed by atoms with van der Waals surface area (Å²) in [6.45, 7) is 9.87. The van der Waals surface area contributed by atoms with Crippen LogP contribution in [-0.2, 0) is 14.3 Å². The molecule has 0 aromatic carbocycles.